The Hall–Kier alpha value is -2.87. The Morgan fingerprint density at radius 1 is 1.07 bits per heavy atom. The standard InChI is InChI=1S/C22H23N5O2.ClH/c28-22-19(15-5-1-3-7-17(15)25-22)21-20(16-6-2-4-8-18(16)24-21)26-29-14-13-27-11-9-23-10-12-27;/h1-8,23,25,28H,9-14H2;1H/b26-20+;. The van der Waals surface area contributed by atoms with Gasteiger partial charge in [-0.1, -0.05) is 41.6 Å². The van der Waals surface area contributed by atoms with Gasteiger partial charge in [-0.05, 0) is 12.1 Å². The fourth-order valence-corrected chi connectivity index (χ4v) is 3.92. The molecule has 7 nitrogen and oxygen atoms in total. The molecule has 3 heterocycles. The molecule has 0 saturated carbocycles. The Kier molecular flexibility index (Phi) is 6.03. The number of aromatic hydroxyl groups is 1. The third-order valence-corrected chi connectivity index (χ3v) is 5.40. The van der Waals surface area contributed by atoms with Gasteiger partial charge in [0.05, 0.1) is 11.3 Å². The van der Waals surface area contributed by atoms with Gasteiger partial charge in [-0.2, -0.15) is 0 Å². The van der Waals surface area contributed by atoms with E-state index >= 15 is 0 Å². The predicted octanol–water partition coefficient (Wildman–Crippen LogP) is 3.06. The molecule has 5 rings (SSSR count). The molecule has 2 aromatic carbocycles. The molecule has 2 aliphatic heterocycles. The molecule has 1 aromatic heterocycles. The van der Waals surface area contributed by atoms with Gasteiger partial charge in [0, 0.05) is 49.2 Å². The Bertz CT molecular complexity index is 1100. The van der Waals surface area contributed by atoms with Gasteiger partial charge in [0.2, 0.25) is 0 Å². The zero-order chi connectivity index (χ0) is 19.6. The maximum atomic E-state index is 10.6. The van der Waals surface area contributed by atoms with Gasteiger partial charge in [-0.25, -0.2) is 4.99 Å². The van der Waals surface area contributed by atoms with E-state index in [4.69, 9.17) is 9.83 Å². The summed E-state index contributed by atoms with van der Waals surface area (Å²) in [6.45, 7) is 5.43. The molecule has 0 atom stereocenters. The molecular weight excluding hydrogens is 402 g/mol. The monoisotopic (exact) mass is 425 g/mol. The lowest BCUT2D eigenvalue weighted by molar-refractivity contribution is 0.106. The Morgan fingerprint density at radius 3 is 2.70 bits per heavy atom. The van der Waals surface area contributed by atoms with E-state index in [-0.39, 0.29) is 18.3 Å². The summed E-state index contributed by atoms with van der Waals surface area (Å²) in [6, 6.07) is 15.6. The molecule has 0 unspecified atom stereocenters. The minimum Gasteiger partial charge on any atom is -0.494 e. The van der Waals surface area contributed by atoms with Gasteiger partial charge in [0.1, 0.15) is 18.0 Å². The molecule has 0 bridgehead atoms. The molecule has 30 heavy (non-hydrogen) atoms. The zero-order valence-electron chi connectivity index (χ0n) is 16.5. The fourth-order valence-electron chi connectivity index (χ4n) is 3.92. The fraction of sp³-hybridized carbons (Fsp3) is 0.273. The largest absolute Gasteiger partial charge is 0.494 e. The third kappa shape index (κ3) is 3.79. The van der Waals surface area contributed by atoms with Crippen LogP contribution in [0.3, 0.4) is 0 Å². The number of halogens is 1. The molecule has 0 amide bonds. The number of aromatic amines is 1. The van der Waals surface area contributed by atoms with Gasteiger partial charge in [0.25, 0.3) is 0 Å². The quantitative estimate of drug-likeness (QED) is 0.433. The summed E-state index contributed by atoms with van der Waals surface area (Å²) in [5, 5.41) is 19.3. The van der Waals surface area contributed by atoms with Crippen molar-refractivity contribution in [3.63, 3.8) is 0 Å². The highest BCUT2D eigenvalue weighted by molar-refractivity contribution is 6.58. The van der Waals surface area contributed by atoms with Crippen molar-refractivity contribution in [1.29, 1.82) is 0 Å². The topological polar surface area (TPSA) is 85.2 Å². The summed E-state index contributed by atoms with van der Waals surface area (Å²) in [4.78, 5) is 15.9. The first-order valence-electron chi connectivity index (χ1n) is 9.93. The molecule has 0 spiro atoms. The number of aromatic nitrogens is 1. The van der Waals surface area contributed by atoms with Gasteiger partial charge >= 0.3 is 0 Å². The number of fused-ring (bicyclic) bond motifs is 2. The van der Waals surface area contributed by atoms with E-state index in [2.05, 4.69) is 20.4 Å². The van der Waals surface area contributed by atoms with Crippen LogP contribution in [0.1, 0.15) is 11.1 Å². The van der Waals surface area contributed by atoms with E-state index in [0.717, 1.165) is 54.9 Å². The second-order valence-electron chi connectivity index (χ2n) is 7.24. The smallest absolute Gasteiger partial charge is 0.199 e. The molecule has 0 aliphatic carbocycles. The number of oxime groups is 1. The van der Waals surface area contributed by atoms with Crippen LogP contribution in [0.15, 0.2) is 58.7 Å². The average molecular weight is 426 g/mol. The van der Waals surface area contributed by atoms with Crippen LogP contribution in [0.5, 0.6) is 5.88 Å². The van der Waals surface area contributed by atoms with Crippen LogP contribution >= 0.6 is 12.4 Å². The van der Waals surface area contributed by atoms with Crippen molar-refractivity contribution in [3.05, 3.63) is 59.7 Å². The van der Waals surface area contributed by atoms with Crippen LogP contribution in [0, 0.1) is 0 Å². The zero-order valence-corrected chi connectivity index (χ0v) is 17.3. The molecular formula is C22H24ClN5O2. The summed E-state index contributed by atoms with van der Waals surface area (Å²) in [6.07, 6.45) is 0. The number of hydrogen-bond acceptors (Lipinski definition) is 6. The predicted molar refractivity (Wildman–Crippen MR) is 122 cm³/mol. The number of hydrogen-bond donors (Lipinski definition) is 3. The van der Waals surface area contributed by atoms with Gasteiger partial charge in [-0.3, -0.25) is 4.90 Å². The molecule has 156 valence electrons. The minimum absolute atomic E-state index is 0. The molecule has 8 heteroatoms. The summed E-state index contributed by atoms with van der Waals surface area (Å²) < 4.78 is 0. The Morgan fingerprint density at radius 2 is 1.83 bits per heavy atom. The van der Waals surface area contributed by atoms with Gasteiger partial charge in [-0.15, -0.1) is 12.4 Å². The van der Waals surface area contributed by atoms with E-state index in [1.165, 1.54) is 0 Å². The first-order chi connectivity index (χ1) is 14.3. The molecule has 3 N–H and O–H groups in total. The maximum absolute atomic E-state index is 10.6. The van der Waals surface area contributed by atoms with Crippen molar-refractivity contribution in [2.45, 2.75) is 0 Å². The number of aliphatic imine (C=N–C) groups is 1. The van der Waals surface area contributed by atoms with Crippen molar-refractivity contribution >= 4 is 40.4 Å². The average Bonchev–Trinajstić information content (AvgIpc) is 3.28. The highest BCUT2D eigenvalue weighted by Crippen LogP contribution is 2.35. The lowest BCUT2D eigenvalue weighted by atomic mass is 10.0. The van der Waals surface area contributed by atoms with Crippen molar-refractivity contribution in [3.8, 4) is 5.88 Å². The van der Waals surface area contributed by atoms with E-state index in [0.29, 0.717) is 23.6 Å². The number of para-hydroxylation sites is 2. The first kappa shape index (κ1) is 20.4. The third-order valence-electron chi connectivity index (χ3n) is 5.40. The first-order valence-corrected chi connectivity index (χ1v) is 9.93. The number of nitrogens with one attached hydrogen (secondary N) is 2. The van der Waals surface area contributed by atoms with Crippen LogP contribution in [0.4, 0.5) is 5.69 Å². The Balaban J connectivity index is 0.00000218. The van der Waals surface area contributed by atoms with Crippen molar-refractivity contribution in [2.24, 2.45) is 10.1 Å². The summed E-state index contributed by atoms with van der Waals surface area (Å²) in [5.41, 5.74) is 4.54. The number of piperazine rings is 1. The van der Waals surface area contributed by atoms with Crippen molar-refractivity contribution in [2.75, 3.05) is 39.3 Å². The van der Waals surface area contributed by atoms with E-state index in [1.54, 1.807) is 0 Å². The van der Waals surface area contributed by atoms with Crippen LogP contribution in [-0.4, -0.2) is 65.7 Å². The van der Waals surface area contributed by atoms with E-state index < -0.39 is 0 Å². The summed E-state index contributed by atoms with van der Waals surface area (Å²) >= 11 is 0. The maximum Gasteiger partial charge on any atom is 0.199 e. The molecule has 3 aromatic rings. The van der Waals surface area contributed by atoms with Crippen LogP contribution in [0.2, 0.25) is 0 Å². The minimum atomic E-state index is 0. The molecule has 1 fully saturated rings. The summed E-state index contributed by atoms with van der Waals surface area (Å²) in [5.74, 6) is 0.0891. The normalized spacial score (nSPS) is 17.6. The number of nitrogens with zero attached hydrogens (tertiary/aromatic N) is 3. The Labute approximate surface area is 180 Å². The number of H-pyrrole nitrogens is 1. The molecule has 2 aliphatic rings. The van der Waals surface area contributed by atoms with Gasteiger partial charge < -0.3 is 20.2 Å². The van der Waals surface area contributed by atoms with Crippen LogP contribution in [0.25, 0.3) is 10.9 Å². The van der Waals surface area contributed by atoms with Crippen molar-refractivity contribution < 1.29 is 9.94 Å². The van der Waals surface area contributed by atoms with E-state index in [9.17, 15) is 5.11 Å². The van der Waals surface area contributed by atoms with Crippen LogP contribution in [-0.2, 0) is 4.84 Å². The number of rotatable bonds is 5. The van der Waals surface area contributed by atoms with Gasteiger partial charge in [0.15, 0.2) is 5.88 Å². The van der Waals surface area contributed by atoms with Crippen molar-refractivity contribution in [1.82, 2.24) is 15.2 Å². The molecule has 0 radical (unpaired) electrons. The highest BCUT2D eigenvalue weighted by atomic mass is 35.5. The number of benzene rings is 2. The lowest BCUT2D eigenvalue weighted by Gasteiger charge is -2.26. The van der Waals surface area contributed by atoms with E-state index in [1.807, 2.05) is 48.5 Å². The summed E-state index contributed by atoms with van der Waals surface area (Å²) in [7, 11) is 0. The molecule has 1 saturated heterocycles. The SMILES string of the molecule is Cl.Oc1[nH]c2ccccc2c1C1=Nc2ccccc2/C1=N\OCCN1CCNCC1. The lowest BCUT2D eigenvalue weighted by Crippen LogP contribution is -2.44. The second-order valence-corrected chi connectivity index (χ2v) is 7.24. The second kappa shape index (κ2) is 8.87. The van der Waals surface area contributed by atoms with Crippen LogP contribution < -0.4 is 5.32 Å². The highest BCUT2D eigenvalue weighted by Gasteiger charge is 2.29.